The fourth-order valence-corrected chi connectivity index (χ4v) is 2.06. The number of rotatable bonds is 4. The molecule has 1 aromatic heterocycles. The highest BCUT2D eigenvalue weighted by atomic mass is 79.9. The predicted molar refractivity (Wildman–Crippen MR) is 49.3 cm³/mol. The summed E-state index contributed by atoms with van der Waals surface area (Å²) in [4.78, 5) is 11.1. The van der Waals surface area contributed by atoms with Gasteiger partial charge in [0.15, 0.2) is 0 Å². The summed E-state index contributed by atoms with van der Waals surface area (Å²) in [6.07, 6.45) is 0. The highest BCUT2D eigenvalue weighted by molar-refractivity contribution is 9.10. The van der Waals surface area contributed by atoms with Crippen molar-refractivity contribution < 1.29 is 14.6 Å². The fraction of sp³-hybridized carbons (Fsp3) is 0.286. The minimum atomic E-state index is -0.942. The van der Waals surface area contributed by atoms with E-state index in [0.717, 1.165) is 9.35 Å². The predicted octanol–water partition coefficient (Wildman–Crippen LogP) is 2.11. The highest BCUT2D eigenvalue weighted by Gasteiger charge is 2.02. The largest absolute Gasteiger partial charge is 0.480 e. The number of aliphatic carboxylic acids is 1. The second-order valence-electron chi connectivity index (χ2n) is 2.08. The van der Waals surface area contributed by atoms with E-state index in [2.05, 4.69) is 15.9 Å². The Morgan fingerprint density at radius 1 is 1.75 bits per heavy atom. The summed E-state index contributed by atoms with van der Waals surface area (Å²) in [6, 6.07) is 1.91. The summed E-state index contributed by atoms with van der Waals surface area (Å²) in [5.74, 6) is -0.942. The Labute approximate surface area is 82.1 Å². The molecule has 0 fully saturated rings. The van der Waals surface area contributed by atoms with Crippen molar-refractivity contribution in [2.24, 2.45) is 0 Å². The highest BCUT2D eigenvalue weighted by Crippen LogP contribution is 2.22. The van der Waals surface area contributed by atoms with Gasteiger partial charge in [-0.3, -0.25) is 0 Å². The normalized spacial score (nSPS) is 10.1. The first-order valence-electron chi connectivity index (χ1n) is 3.21. The third-order valence-corrected chi connectivity index (χ3v) is 3.05. The molecule has 0 bridgehead atoms. The molecular formula is C7H7BrO3S. The van der Waals surface area contributed by atoms with E-state index < -0.39 is 5.97 Å². The zero-order valence-corrected chi connectivity index (χ0v) is 8.52. The van der Waals surface area contributed by atoms with Crippen LogP contribution in [0.25, 0.3) is 0 Å². The molecule has 0 aliphatic rings. The van der Waals surface area contributed by atoms with Crippen molar-refractivity contribution in [2.75, 3.05) is 6.61 Å². The summed E-state index contributed by atoms with van der Waals surface area (Å²) in [5.41, 5.74) is 0. The molecule has 0 radical (unpaired) electrons. The van der Waals surface area contributed by atoms with Crippen LogP contribution in [0.3, 0.4) is 0 Å². The van der Waals surface area contributed by atoms with Crippen LogP contribution >= 0.6 is 27.3 Å². The van der Waals surface area contributed by atoms with Gasteiger partial charge in [0.1, 0.15) is 6.61 Å². The van der Waals surface area contributed by atoms with Crippen molar-refractivity contribution in [3.8, 4) is 0 Å². The molecule has 1 aromatic rings. The molecular weight excluding hydrogens is 244 g/mol. The van der Waals surface area contributed by atoms with Crippen LogP contribution in [-0.4, -0.2) is 17.7 Å². The summed E-state index contributed by atoms with van der Waals surface area (Å²) in [7, 11) is 0. The molecule has 3 nitrogen and oxygen atoms in total. The maximum atomic E-state index is 10.1. The van der Waals surface area contributed by atoms with Gasteiger partial charge in [-0.25, -0.2) is 4.79 Å². The molecule has 0 amide bonds. The Bertz CT molecular complexity index is 271. The maximum Gasteiger partial charge on any atom is 0.329 e. The van der Waals surface area contributed by atoms with Gasteiger partial charge >= 0.3 is 5.97 Å². The molecule has 5 heteroatoms. The van der Waals surface area contributed by atoms with Crippen molar-refractivity contribution >= 4 is 33.2 Å². The molecule has 0 aliphatic carbocycles. The lowest BCUT2D eigenvalue weighted by atomic mass is 10.5. The monoisotopic (exact) mass is 250 g/mol. The second-order valence-corrected chi connectivity index (χ2v) is 3.93. The smallest absolute Gasteiger partial charge is 0.329 e. The van der Waals surface area contributed by atoms with Crippen LogP contribution in [0.5, 0.6) is 0 Å². The summed E-state index contributed by atoms with van der Waals surface area (Å²) in [5, 5.41) is 10.2. The first kappa shape index (κ1) is 9.70. The lowest BCUT2D eigenvalue weighted by Gasteiger charge is -1.98. The van der Waals surface area contributed by atoms with Crippen molar-refractivity contribution in [2.45, 2.75) is 6.61 Å². The van der Waals surface area contributed by atoms with Crippen LogP contribution in [0.15, 0.2) is 15.9 Å². The summed E-state index contributed by atoms with van der Waals surface area (Å²) >= 11 is 4.85. The molecule has 0 saturated heterocycles. The fourth-order valence-electron chi connectivity index (χ4n) is 0.659. The minimum Gasteiger partial charge on any atom is -0.480 e. The van der Waals surface area contributed by atoms with Gasteiger partial charge in [-0.1, -0.05) is 0 Å². The van der Waals surface area contributed by atoms with Crippen LogP contribution in [-0.2, 0) is 16.1 Å². The van der Waals surface area contributed by atoms with Crippen LogP contribution in [0.2, 0.25) is 0 Å². The van der Waals surface area contributed by atoms with Crippen LogP contribution in [0.4, 0.5) is 0 Å². The van der Waals surface area contributed by atoms with E-state index in [1.807, 2.05) is 11.4 Å². The van der Waals surface area contributed by atoms with E-state index in [1.54, 1.807) is 0 Å². The lowest BCUT2D eigenvalue weighted by Crippen LogP contribution is -2.06. The quantitative estimate of drug-likeness (QED) is 0.891. The number of hydrogen-bond donors (Lipinski definition) is 1. The number of hydrogen-bond acceptors (Lipinski definition) is 3. The number of ether oxygens (including phenoxy) is 1. The number of carboxylic acids is 1. The maximum absolute atomic E-state index is 10.1. The average Bonchev–Trinajstić information content (AvgIpc) is 2.36. The molecule has 0 aliphatic heterocycles. The molecule has 0 aromatic carbocycles. The zero-order valence-electron chi connectivity index (χ0n) is 6.12. The second kappa shape index (κ2) is 4.59. The molecule has 12 heavy (non-hydrogen) atoms. The number of carboxylic acid groups (broad SMARTS) is 1. The van der Waals surface area contributed by atoms with Crippen LogP contribution in [0.1, 0.15) is 4.88 Å². The zero-order chi connectivity index (χ0) is 8.97. The molecule has 0 atom stereocenters. The Morgan fingerprint density at radius 2 is 2.50 bits per heavy atom. The van der Waals surface area contributed by atoms with Crippen molar-refractivity contribution in [1.29, 1.82) is 0 Å². The SMILES string of the molecule is O=C(O)COCc1sccc1Br. The Morgan fingerprint density at radius 3 is 3.00 bits per heavy atom. The van der Waals surface area contributed by atoms with Gasteiger partial charge in [-0.05, 0) is 27.4 Å². The average molecular weight is 251 g/mol. The van der Waals surface area contributed by atoms with E-state index in [9.17, 15) is 4.79 Å². The van der Waals surface area contributed by atoms with Gasteiger partial charge < -0.3 is 9.84 Å². The standard InChI is InChI=1S/C7H7BrO3S/c8-5-1-2-12-6(5)3-11-4-7(9)10/h1-2H,3-4H2,(H,9,10). The van der Waals surface area contributed by atoms with Gasteiger partial charge in [-0.15, -0.1) is 11.3 Å². The lowest BCUT2D eigenvalue weighted by molar-refractivity contribution is -0.142. The molecule has 1 N–H and O–H groups in total. The Balaban J connectivity index is 2.33. The molecule has 1 heterocycles. The van der Waals surface area contributed by atoms with Gasteiger partial charge in [0.25, 0.3) is 0 Å². The van der Waals surface area contributed by atoms with Gasteiger partial charge in [0.05, 0.1) is 6.61 Å². The summed E-state index contributed by atoms with van der Waals surface area (Å²) < 4.78 is 5.87. The van der Waals surface area contributed by atoms with Crippen molar-refractivity contribution in [3.05, 3.63) is 20.8 Å². The van der Waals surface area contributed by atoms with Gasteiger partial charge in [0, 0.05) is 9.35 Å². The van der Waals surface area contributed by atoms with Crippen LogP contribution in [0, 0.1) is 0 Å². The first-order valence-corrected chi connectivity index (χ1v) is 4.89. The van der Waals surface area contributed by atoms with Crippen molar-refractivity contribution in [3.63, 3.8) is 0 Å². The number of carbonyl (C=O) groups is 1. The third kappa shape index (κ3) is 2.92. The van der Waals surface area contributed by atoms with E-state index in [1.165, 1.54) is 11.3 Å². The first-order chi connectivity index (χ1) is 5.70. The number of halogens is 1. The van der Waals surface area contributed by atoms with E-state index >= 15 is 0 Å². The summed E-state index contributed by atoms with van der Waals surface area (Å²) in [6.45, 7) is 0.106. The topological polar surface area (TPSA) is 46.5 Å². The Kier molecular flexibility index (Phi) is 3.71. The molecule has 1 rings (SSSR count). The van der Waals surface area contributed by atoms with Crippen LogP contribution < -0.4 is 0 Å². The van der Waals surface area contributed by atoms with Gasteiger partial charge in [0.2, 0.25) is 0 Å². The van der Waals surface area contributed by atoms with E-state index in [4.69, 9.17) is 9.84 Å². The van der Waals surface area contributed by atoms with Gasteiger partial charge in [-0.2, -0.15) is 0 Å². The molecule has 0 spiro atoms. The molecule has 0 saturated carbocycles. The van der Waals surface area contributed by atoms with Crippen molar-refractivity contribution in [1.82, 2.24) is 0 Å². The van der Waals surface area contributed by atoms with E-state index in [0.29, 0.717) is 6.61 Å². The Hall–Kier alpha value is -0.390. The molecule has 66 valence electrons. The minimum absolute atomic E-state index is 0.246. The number of thiophene rings is 1. The molecule has 0 unspecified atom stereocenters. The third-order valence-electron chi connectivity index (χ3n) is 1.15. The van der Waals surface area contributed by atoms with E-state index in [-0.39, 0.29) is 6.61 Å².